The molecule has 0 bridgehead atoms. The molecule has 7 rings (SSSR count). The van der Waals surface area contributed by atoms with Gasteiger partial charge in [-0.15, -0.1) is 0 Å². The Bertz CT molecular complexity index is 1700. The molecule has 1 saturated heterocycles. The lowest BCUT2D eigenvalue weighted by Gasteiger charge is -2.31. The second-order valence-corrected chi connectivity index (χ2v) is 12.0. The molecule has 10 nitrogen and oxygen atoms in total. The lowest BCUT2D eigenvalue weighted by molar-refractivity contribution is -0.136. The van der Waals surface area contributed by atoms with Crippen LogP contribution in [0.15, 0.2) is 61.1 Å². The molecule has 1 saturated carbocycles. The molecule has 10 heteroatoms. The highest BCUT2D eigenvalue weighted by atomic mass is 16.2. The molecule has 220 valence electrons. The minimum absolute atomic E-state index is 0.135. The van der Waals surface area contributed by atoms with Crippen molar-refractivity contribution in [3.05, 3.63) is 72.2 Å². The summed E-state index contributed by atoms with van der Waals surface area (Å²) in [5.74, 6) is -0.157. The number of rotatable bonds is 8. The highest BCUT2D eigenvalue weighted by Gasteiger charge is 2.40. The number of para-hydroxylation sites is 2. The fraction of sp³-hybridized carbons (Fsp3) is 0.394. The lowest BCUT2D eigenvalue weighted by Crippen LogP contribution is -2.52. The zero-order valence-electron chi connectivity index (χ0n) is 24.0. The van der Waals surface area contributed by atoms with E-state index in [0.717, 1.165) is 65.8 Å². The van der Waals surface area contributed by atoms with Gasteiger partial charge >= 0.3 is 0 Å². The Kier molecular flexibility index (Phi) is 7.34. The molecule has 3 aliphatic rings. The number of benzene rings is 2. The Labute approximate surface area is 249 Å². The third kappa shape index (κ3) is 5.61. The van der Waals surface area contributed by atoms with Crippen molar-refractivity contribution in [2.45, 2.75) is 76.5 Å². The molecule has 4 aromatic rings. The summed E-state index contributed by atoms with van der Waals surface area (Å²) in [5.41, 5.74) is 6.16. The number of carbonyl (C=O) groups excluding carboxylic acids is 3. The van der Waals surface area contributed by atoms with Crippen molar-refractivity contribution in [3.63, 3.8) is 0 Å². The van der Waals surface area contributed by atoms with E-state index < -0.39 is 6.04 Å². The highest BCUT2D eigenvalue weighted by Crippen LogP contribution is 2.35. The predicted molar refractivity (Wildman–Crippen MR) is 162 cm³/mol. The molecule has 3 atom stereocenters. The maximum absolute atomic E-state index is 13.2. The highest BCUT2D eigenvalue weighted by molar-refractivity contribution is 6.06. The molecule has 0 radical (unpaired) electrons. The van der Waals surface area contributed by atoms with Crippen LogP contribution in [0.25, 0.3) is 22.3 Å². The van der Waals surface area contributed by atoms with Gasteiger partial charge in [-0.25, -0.2) is 4.98 Å². The number of piperidine rings is 1. The van der Waals surface area contributed by atoms with Gasteiger partial charge in [-0.3, -0.25) is 29.4 Å². The molecular formula is C33H35N7O3. The van der Waals surface area contributed by atoms with E-state index in [1.807, 2.05) is 59.5 Å². The van der Waals surface area contributed by atoms with Gasteiger partial charge in [0, 0.05) is 54.1 Å². The van der Waals surface area contributed by atoms with Crippen LogP contribution < -0.4 is 10.6 Å². The second kappa shape index (κ2) is 11.6. The van der Waals surface area contributed by atoms with Crippen LogP contribution in [0.5, 0.6) is 0 Å². The Morgan fingerprint density at radius 1 is 0.977 bits per heavy atom. The Morgan fingerprint density at radius 3 is 2.74 bits per heavy atom. The summed E-state index contributed by atoms with van der Waals surface area (Å²) in [6.07, 6.45) is 13.1. The maximum Gasteiger partial charge on any atom is 0.255 e. The van der Waals surface area contributed by atoms with E-state index in [1.165, 1.54) is 12.8 Å². The molecule has 4 heterocycles. The first-order valence-corrected chi connectivity index (χ1v) is 15.3. The summed E-state index contributed by atoms with van der Waals surface area (Å²) in [5, 5.41) is 10.7. The first-order chi connectivity index (χ1) is 21.0. The fourth-order valence-electron chi connectivity index (χ4n) is 6.88. The molecule has 1 aliphatic carbocycles. The number of anilines is 1. The average molecular weight is 578 g/mol. The number of nitrogens with zero attached hydrogens (tertiary/aromatic N) is 5. The third-order valence-corrected chi connectivity index (χ3v) is 9.10. The summed E-state index contributed by atoms with van der Waals surface area (Å²) in [7, 11) is 0. The van der Waals surface area contributed by atoms with Gasteiger partial charge in [-0.2, -0.15) is 5.10 Å². The molecule has 2 N–H and O–H groups in total. The van der Waals surface area contributed by atoms with E-state index in [0.29, 0.717) is 30.5 Å². The topological polar surface area (TPSA) is 122 Å². The van der Waals surface area contributed by atoms with Crippen molar-refractivity contribution in [2.75, 3.05) is 5.32 Å². The van der Waals surface area contributed by atoms with Crippen molar-refractivity contribution in [3.8, 4) is 11.3 Å². The van der Waals surface area contributed by atoms with Gasteiger partial charge in [0.1, 0.15) is 6.04 Å². The van der Waals surface area contributed by atoms with E-state index >= 15 is 0 Å². The number of aromatic nitrogens is 4. The van der Waals surface area contributed by atoms with E-state index in [-0.39, 0.29) is 24.1 Å². The number of imide groups is 1. The SMILES string of the molecule is O=C1CCC(N2Cc3c(NC4CCCC(CCCn5cc(-c6cnc7ccccc7n6)cn5)C4)cccc3C2=O)C(=O)N1. The predicted octanol–water partition coefficient (Wildman–Crippen LogP) is 4.71. The molecule has 0 spiro atoms. The maximum atomic E-state index is 13.2. The fourth-order valence-corrected chi connectivity index (χ4v) is 6.88. The number of hydrogen-bond donors (Lipinski definition) is 2. The molecular weight excluding hydrogens is 542 g/mol. The number of nitrogens with one attached hydrogen (secondary N) is 2. The van der Waals surface area contributed by atoms with Crippen LogP contribution in [-0.4, -0.2) is 54.5 Å². The lowest BCUT2D eigenvalue weighted by atomic mass is 9.83. The largest absolute Gasteiger partial charge is 0.382 e. The molecule has 3 amide bonds. The van der Waals surface area contributed by atoms with Crippen LogP contribution >= 0.6 is 0 Å². The first kappa shape index (κ1) is 27.2. The first-order valence-electron chi connectivity index (χ1n) is 15.3. The van der Waals surface area contributed by atoms with Crippen molar-refractivity contribution >= 4 is 34.4 Å². The van der Waals surface area contributed by atoms with Crippen LogP contribution in [0.1, 0.15) is 67.3 Å². The van der Waals surface area contributed by atoms with Crippen LogP contribution in [0.4, 0.5) is 5.69 Å². The van der Waals surface area contributed by atoms with Gasteiger partial charge in [0.25, 0.3) is 5.91 Å². The smallest absolute Gasteiger partial charge is 0.255 e. The third-order valence-electron chi connectivity index (χ3n) is 9.10. The van der Waals surface area contributed by atoms with Gasteiger partial charge in [0.2, 0.25) is 11.8 Å². The summed E-state index contributed by atoms with van der Waals surface area (Å²) >= 11 is 0. The molecule has 2 fully saturated rings. The number of aryl methyl sites for hydroxylation is 1. The van der Waals surface area contributed by atoms with Crippen molar-refractivity contribution in [2.24, 2.45) is 5.92 Å². The zero-order valence-corrected chi connectivity index (χ0v) is 24.0. The normalized spacial score (nSPS) is 22.1. The standard InChI is InChI=1S/C33H35N7O3/c41-31-14-13-30(32(42)38-31)40-20-25-24(33(40)43)9-4-12-26(25)36-23-8-3-6-21(16-23)7-5-15-39-19-22(17-35-39)29-18-34-27-10-1-2-11-28(27)37-29/h1-2,4,9-12,17-19,21,23,30,36H,3,5-8,13-16,20H2,(H,38,41,42). The van der Waals surface area contributed by atoms with Crippen molar-refractivity contribution in [1.82, 2.24) is 30.0 Å². The van der Waals surface area contributed by atoms with Gasteiger partial charge in [0.05, 0.1) is 29.1 Å². The number of carbonyl (C=O) groups is 3. The van der Waals surface area contributed by atoms with Crippen LogP contribution in [-0.2, 0) is 22.7 Å². The summed E-state index contributed by atoms with van der Waals surface area (Å²) < 4.78 is 2.00. The summed E-state index contributed by atoms with van der Waals surface area (Å²) in [6.45, 7) is 1.25. The van der Waals surface area contributed by atoms with Gasteiger partial charge < -0.3 is 10.2 Å². The number of hydrogen-bond acceptors (Lipinski definition) is 7. The average Bonchev–Trinajstić information content (AvgIpc) is 3.62. The monoisotopic (exact) mass is 577 g/mol. The molecule has 2 aliphatic heterocycles. The zero-order chi connectivity index (χ0) is 29.3. The van der Waals surface area contributed by atoms with Gasteiger partial charge in [-0.05, 0) is 62.3 Å². The number of amides is 3. The van der Waals surface area contributed by atoms with Crippen LogP contribution in [0, 0.1) is 5.92 Å². The Morgan fingerprint density at radius 2 is 1.86 bits per heavy atom. The molecule has 2 aromatic heterocycles. The van der Waals surface area contributed by atoms with E-state index in [9.17, 15) is 14.4 Å². The number of fused-ring (bicyclic) bond motifs is 2. The Balaban J connectivity index is 0.938. The molecule has 2 aromatic carbocycles. The summed E-state index contributed by atoms with van der Waals surface area (Å²) in [4.78, 5) is 48.2. The quantitative estimate of drug-likeness (QED) is 0.291. The molecule has 43 heavy (non-hydrogen) atoms. The molecule has 3 unspecified atom stereocenters. The summed E-state index contributed by atoms with van der Waals surface area (Å²) in [6, 6.07) is 13.4. The van der Waals surface area contributed by atoms with E-state index in [1.54, 1.807) is 4.90 Å². The van der Waals surface area contributed by atoms with Crippen LogP contribution in [0.2, 0.25) is 0 Å². The van der Waals surface area contributed by atoms with Gasteiger partial charge in [-0.1, -0.05) is 31.0 Å². The minimum atomic E-state index is -0.601. The minimum Gasteiger partial charge on any atom is -0.382 e. The van der Waals surface area contributed by atoms with Crippen molar-refractivity contribution in [1.29, 1.82) is 0 Å². The van der Waals surface area contributed by atoms with Crippen molar-refractivity contribution < 1.29 is 14.4 Å². The van der Waals surface area contributed by atoms with E-state index in [4.69, 9.17) is 4.98 Å². The van der Waals surface area contributed by atoms with E-state index in [2.05, 4.69) is 26.9 Å². The van der Waals surface area contributed by atoms with Gasteiger partial charge in [0.15, 0.2) is 0 Å². The second-order valence-electron chi connectivity index (χ2n) is 12.0. The Hall–Kier alpha value is -4.60. The van der Waals surface area contributed by atoms with Crippen LogP contribution in [0.3, 0.4) is 0 Å².